The van der Waals surface area contributed by atoms with Crippen molar-refractivity contribution < 1.29 is 17.9 Å². The van der Waals surface area contributed by atoms with Crippen LogP contribution in [0.5, 0.6) is 5.75 Å². The standard InChI is InChI=1S/C19H21Cl3N2O4S/c1-4-28-14-7-5-13(6-8-14)12(2)23-19(25)11-24(29(3,26)27)18-10-16(21)15(20)9-17(18)22/h5-10,12H,4,11H2,1-3H3,(H,23,25)/t12-/m0/s1. The Kier molecular flexibility index (Phi) is 8.05. The highest BCUT2D eigenvalue weighted by Crippen LogP contribution is 2.35. The number of nitrogens with one attached hydrogen (secondary N) is 1. The molecule has 0 bridgehead atoms. The lowest BCUT2D eigenvalue weighted by Gasteiger charge is -2.24. The monoisotopic (exact) mass is 478 g/mol. The molecule has 0 aliphatic rings. The van der Waals surface area contributed by atoms with Gasteiger partial charge in [-0.1, -0.05) is 46.9 Å². The summed E-state index contributed by atoms with van der Waals surface area (Å²) in [5.41, 5.74) is 0.924. The number of rotatable bonds is 8. The summed E-state index contributed by atoms with van der Waals surface area (Å²) in [6.07, 6.45) is 0.981. The first kappa shape index (κ1) is 23.6. The topological polar surface area (TPSA) is 75.7 Å². The van der Waals surface area contributed by atoms with E-state index in [1.54, 1.807) is 19.1 Å². The van der Waals surface area contributed by atoms with Gasteiger partial charge in [0.1, 0.15) is 12.3 Å². The molecule has 0 spiro atoms. The maximum absolute atomic E-state index is 12.5. The molecule has 29 heavy (non-hydrogen) atoms. The molecule has 0 aliphatic heterocycles. The van der Waals surface area contributed by atoms with E-state index in [9.17, 15) is 13.2 Å². The zero-order chi connectivity index (χ0) is 21.8. The number of benzene rings is 2. The van der Waals surface area contributed by atoms with Crippen LogP contribution >= 0.6 is 34.8 Å². The molecule has 1 atom stereocenters. The maximum Gasteiger partial charge on any atom is 0.241 e. The predicted molar refractivity (Wildman–Crippen MR) is 118 cm³/mol. The van der Waals surface area contributed by atoms with Crippen molar-refractivity contribution in [3.8, 4) is 5.75 Å². The number of carbonyl (C=O) groups excluding carboxylic acids is 1. The second-order valence-corrected chi connectivity index (χ2v) is 9.41. The number of ether oxygens (including phenoxy) is 1. The van der Waals surface area contributed by atoms with E-state index in [-0.39, 0.29) is 26.8 Å². The van der Waals surface area contributed by atoms with Gasteiger partial charge in [0.05, 0.1) is 39.7 Å². The molecular formula is C19H21Cl3N2O4S. The molecule has 0 saturated carbocycles. The Bertz CT molecular complexity index is 982. The fraction of sp³-hybridized carbons (Fsp3) is 0.316. The van der Waals surface area contributed by atoms with Gasteiger partial charge in [-0.25, -0.2) is 8.42 Å². The zero-order valence-corrected chi connectivity index (χ0v) is 19.2. The van der Waals surface area contributed by atoms with Gasteiger partial charge in [0.2, 0.25) is 15.9 Å². The van der Waals surface area contributed by atoms with E-state index < -0.39 is 22.5 Å². The van der Waals surface area contributed by atoms with E-state index >= 15 is 0 Å². The maximum atomic E-state index is 12.5. The van der Waals surface area contributed by atoms with E-state index in [1.165, 1.54) is 12.1 Å². The van der Waals surface area contributed by atoms with Crippen LogP contribution in [-0.2, 0) is 14.8 Å². The van der Waals surface area contributed by atoms with Gasteiger partial charge in [0.25, 0.3) is 0 Å². The number of amides is 1. The summed E-state index contributed by atoms with van der Waals surface area (Å²) in [4.78, 5) is 12.5. The van der Waals surface area contributed by atoms with Gasteiger partial charge in [-0.15, -0.1) is 0 Å². The quantitative estimate of drug-likeness (QED) is 0.557. The van der Waals surface area contributed by atoms with Gasteiger partial charge in [0.15, 0.2) is 0 Å². The molecule has 0 heterocycles. The second kappa shape index (κ2) is 9.89. The third-order valence-corrected chi connectivity index (χ3v) is 6.17. The Balaban J connectivity index is 2.18. The molecule has 158 valence electrons. The van der Waals surface area contributed by atoms with Gasteiger partial charge in [0, 0.05) is 0 Å². The molecule has 2 aromatic rings. The summed E-state index contributed by atoms with van der Waals surface area (Å²) in [5, 5.41) is 3.15. The minimum Gasteiger partial charge on any atom is -0.494 e. The molecule has 6 nitrogen and oxygen atoms in total. The van der Waals surface area contributed by atoms with Crippen LogP contribution in [0.3, 0.4) is 0 Å². The largest absolute Gasteiger partial charge is 0.494 e. The smallest absolute Gasteiger partial charge is 0.241 e. The van der Waals surface area contributed by atoms with Gasteiger partial charge in [-0.05, 0) is 43.7 Å². The first-order valence-corrected chi connectivity index (χ1v) is 11.7. The minimum atomic E-state index is -3.81. The molecule has 1 amide bonds. The van der Waals surface area contributed by atoms with Crippen LogP contribution in [0, 0.1) is 0 Å². The summed E-state index contributed by atoms with van der Waals surface area (Å²) in [5.74, 6) is 0.228. The van der Waals surface area contributed by atoms with Crippen LogP contribution < -0.4 is 14.4 Å². The number of sulfonamides is 1. The Morgan fingerprint density at radius 3 is 2.24 bits per heavy atom. The number of hydrogen-bond acceptors (Lipinski definition) is 4. The summed E-state index contributed by atoms with van der Waals surface area (Å²) < 4.78 is 30.8. The molecule has 0 saturated heterocycles. The summed E-state index contributed by atoms with van der Waals surface area (Å²) in [6.45, 7) is 3.79. The van der Waals surface area contributed by atoms with Crippen molar-refractivity contribution in [2.75, 3.05) is 23.7 Å². The molecule has 10 heteroatoms. The van der Waals surface area contributed by atoms with Crippen molar-refractivity contribution in [2.24, 2.45) is 0 Å². The molecule has 0 radical (unpaired) electrons. The third kappa shape index (κ3) is 6.40. The summed E-state index contributed by atoms with van der Waals surface area (Å²) in [6, 6.07) is 9.58. The number of anilines is 1. The molecule has 0 aromatic heterocycles. The van der Waals surface area contributed by atoms with Crippen molar-refractivity contribution in [3.63, 3.8) is 0 Å². The van der Waals surface area contributed by atoms with Crippen molar-refractivity contribution in [2.45, 2.75) is 19.9 Å². The van der Waals surface area contributed by atoms with Crippen LogP contribution in [0.25, 0.3) is 0 Å². The first-order valence-electron chi connectivity index (χ1n) is 8.67. The molecule has 0 fully saturated rings. The van der Waals surface area contributed by atoms with E-state index in [1.807, 2.05) is 19.1 Å². The fourth-order valence-electron chi connectivity index (χ4n) is 2.60. The van der Waals surface area contributed by atoms with Gasteiger partial charge in [-0.2, -0.15) is 0 Å². The Morgan fingerprint density at radius 1 is 1.10 bits per heavy atom. The molecule has 2 rings (SSSR count). The van der Waals surface area contributed by atoms with Crippen molar-refractivity contribution in [3.05, 3.63) is 57.0 Å². The van der Waals surface area contributed by atoms with E-state index in [4.69, 9.17) is 39.5 Å². The molecule has 2 aromatic carbocycles. The van der Waals surface area contributed by atoms with E-state index in [0.29, 0.717) is 6.61 Å². The highest BCUT2D eigenvalue weighted by atomic mass is 35.5. The van der Waals surface area contributed by atoms with Crippen LogP contribution in [0.2, 0.25) is 15.1 Å². The van der Waals surface area contributed by atoms with Crippen molar-refractivity contribution in [1.82, 2.24) is 5.32 Å². The summed E-state index contributed by atoms with van der Waals surface area (Å²) >= 11 is 18.0. The SMILES string of the molecule is CCOc1ccc([C@H](C)NC(=O)CN(c2cc(Cl)c(Cl)cc2Cl)S(C)(=O)=O)cc1. The number of hydrogen-bond donors (Lipinski definition) is 1. The average molecular weight is 480 g/mol. The molecule has 1 N–H and O–H groups in total. The molecular weight excluding hydrogens is 459 g/mol. The van der Waals surface area contributed by atoms with Crippen molar-refractivity contribution >= 4 is 56.4 Å². The summed E-state index contributed by atoms with van der Waals surface area (Å²) in [7, 11) is -3.81. The van der Waals surface area contributed by atoms with Crippen molar-refractivity contribution in [1.29, 1.82) is 0 Å². The van der Waals surface area contributed by atoms with Crippen LogP contribution in [0.1, 0.15) is 25.5 Å². The molecule has 0 aliphatic carbocycles. The third-order valence-electron chi connectivity index (χ3n) is 4.01. The van der Waals surface area contributed by atoms with Crippen LogP contribution in [0.15, 0.2) is 36.4 Å². The Hall–Kier alpha value is -1.67. The highest BCUT2D eigenvalue weighted by Gasteiger charge is 2.25. The second-order valence-electron chi connectivity index (χ2n) is 6.28. The van der Waals surface area contributed by atoms with Gasteiger partial charge < -0.3 is 10.1 Å². The van der Waals surface area contributed by atoms with Gasteiger partial charge >= 0.3 is 0 Å². The highest BCUT2D eigenvalue weighted by molar-refractivity contribution is 7.92. The normalized spacial score (nSPS) is 12.3. The number of carbonyl (C=O) groups is 1. The number of halogens is 3. The Morgan fingerprint density at radius 2 is 1.69 bits per heavy atom. The van der Waals surface area contributed by atoms with E-state index in [0.717, 1.165) is 21.9 Å². The van der Waals surface area contributed by atoms with Crippen LogP contribution in [0.4, 0.5) is 5.69 Å². The zero-order valence-electron chi connectivity index (χ0n) is 16.1. The Labute approximate surface area is 185 Å². The average Bonchev–Trinajstić information content (AvgIpc) is 2.63. The fourth-order valence-corrected chi connectivity index (χ4v) is 4.16. The lowest BCUT2D eigenvalue weighted by molar-refractivity contribution is -0.120. The predicted octanol–water partition coefficient (Wildman–Crippen LogP) is 4.69. The van der Waals surface area contributed by atoms with E-state index in [2.05, 4.69) is 5.32 Å². The van der Waals surface area contributed by atoms with Gasteiger partial charge in [-0.3, -0.25) is 9.10 Å². The lowest BCUT2D eigenvalue weighted by Crippen LogP contribution is -2.41. The minimum absolute atomic E-state index is 0.0668. The lowest BCUT2D eigenvalue weighted by atomic mass is 10.1. The number of nitrogens with zero attached hydrogens (tertiary/aromatic N) is 1. The van der Waals surface area contributed by atoms with Crippen LogP contribution in [-0.4, -0.2) is 33.7 Å². The molecule has 0 unspecified atom stereocenters. The first-order chi connectivity index (χ1) is 13.5.